The molecule has 0 fully saturated rings. The van der Waals surface area contributed by atoms with E-state index >= 15 is 0 Å². The fourth-order valence-corrected chi connectivity index (χ4v) is 0.946. The van der Waals surface area contributed by atoms with Crippen LogP contribution in [-0.2, 0) is 11.3 Å². The molecule has 0 atom stereocenters. The second-order valence-corrected chi connectivity index (χ2v) is 3.35. The average Bonchev–Trinajstić information content (AvgIpc) is 2.53. The molecule has 0 bridgehead atoms. The molecule has 1 aromatic heterocycles. The Labute approximate surface area is 78.7 Å². The lowest BCUT2D eigenvalue weighted by atomic mass is 10.2. The van der Waals surface area contributed by atoms with Gasteiger partial charge in [-0.2, -0.15) is 5.10 Å². The van der Waals surface area contributed by atoms with Crippen molar-refractivity contribution in [2.75, 3.05) is 6.61 Å². The van der Waals surface area contributed by atoms with Crippen LogP contribution < -0.4 is 0 Å². The largest absolute Gasteiger partial charge is 0.373 e. The topological polar surface area (TPSA) is 50.8 Å². The van der Waals surface area contributed by atoms with Gasteiger partial charge in [-0.05, 0) is 6.42 Å². The van der Waals surface area contributed by atoms with Gasteiger partial charge >= 0.3 is 0 Å². The Balaban J connectivity index is 2.40. The molecule has 0 spiro atoms. The molecule has 0 amide bonds. The predicted octanol–water partition coefficient (Wildman–Crippen LogP) is 1.85. The third-order valence-corrected chi connectivity index (χ3v) is 1.65. The Hall–Kier alpha value is -0.900. The number of aromatic nitrogens is 3. The van der Waals surface area contributed by atoms with Crippen LogP contribution >= 0.6 is 0 Å². The number of hydrogen-bond donors (Lipinski definition) is 1. The van der Waals surface area contributed by atoms with E-state index in [2.05, 4.69) is 36.0 Å². The van der Waals surface area contributed by atoms with Gasteiger partial charge in [0.05, 0.1) is 0 Å². The summed E-state index contributed by atoms with van der Waals surface area (Å²) in [7, 11) is 0. The van der Waals surface area contributed by atoms with Crippen molar-refractivity contribution < 1.29 is 4.74 Å². The lowest BCUT2D eigenvalue weighted by molar-refractivity contribution is 0.116. The Bertz CT molecular complexity index is 245. The highest BCUT2D eigenvalue weighted by Crippen LogP contribution is 2.07. The Morgan fingerprint density at radius 1 is 1.46 bits per heavy atom. The maximum atomic E-state index is 5.33. The minimum absolute atomic E-state index is 0.371. The third-order valence-electron chi connectivity index (χ3n) is 1.65. The molecular weight excluding hydrogens is 166 g/mol. The fraction of sp³-hybridized carbons (Fsp3) is 0.778. The molecule has 0 saturated heterocycles. The van der Waals surface area contributed by atoms with Crippen molar-refractivity contribution in [2.24, 2.45) is 0 Å². The summed E-state index contributed by atoms with van der Waals surface area (Å²) in [6, 6.07) is 0. The van der Waals surface area contributed by atoms with Gasteiger partial charge in [-0.1, -0.05) is 20.8 Å². The van der Waals surface area contributed by atoms with Gasteiger partial charge in [0.15, 0.2) is 11.6 Å². The van der Waals surface area contributed by atoms with Crippen molar-refractivity contribution in [1.29, 1.82) is 0 Å². The number of aromatic amines is 1. The number of rotatable bonds is 5. The summed E-state index contributed by atoms with van der Waals surface area (Å²) in [5.41, 5.74) is 0. The van der Waals surface area contributed by atoms with Gasteiger partial charge < -0.3 is 4.74 Å². The van der Waals surface area contributed by atoms with Crippen LogP contribution in [0.15, 0.2) is 0 Å². The molecule has 0 unspecified atom stereocenters. The summed E-state index contributed by atoms with van der Waals surface area (Å²) < 4.78 is 5.33. The standard InChI is InChI=1S/C9H17N3O/c1-4-5-13-6-8-10-9(7(2)3)12-11-8/h7H,4-6H2,1-3H3,(H,10,11,12). The van der Waals surface area contributed by atoms with Gasteiger partial charge in [-0.25, -0.2) is 4.98 Å². The Morgan fingerprint density at radius 3 is 2.77 bits per heavy atom. The van der Waals surface area contributed by atoms with Crippen LogP contribution in [0.3, 0.4) is 0 Å². The molecule has 0 aromatic carbocycles. The maximum Gasteiger partial charge on any atom is 0.153 e. The first-order valence-corrected chi connectivity index (χ1v) is 4.73. The minimum atomic E-state index is 0.371. The van der Waals surface area contributed by atoms with Crippen LogP contribution in [0.25, 0.3) is 0 Å². The van der Waals surface area contributed by atoms with Gasteiger partial charge in [0, 0.05) is 12.5 Å². The van der Waals surface area contributed by atoms with Crippen molar-refractivity contribution in [3.8, 4) is 0 Å². The van der Waals surface area contributed by atoms with Crippen molar-refractivity contribution in [3.05, 3.63) is 11.6 Å². The van der Waals surface area contributed by atoms with Crippen LogP contribution in [0.1, 0.15) is 44.8 Å². The molecule has 1 aromatic rings. The van der Waals surface area contributed by atoms with E-state index in [0.29, 0.717) is 12.5 Å². The monoisotopic (exact) mass is 183 g/mol. The van der Waals surface area contributed by atoms with Gasteiger partial charge in [-0.3, -0.25) is 5.10 Å². The molecule has 0 aliphatic heterocycles. The van der Waals surface area contributed by atoms with E-state index in [9.17, 15) is 0 Å². The zero-order valence-corrected chi connectivity index (χ0v) is 8.50. The number of hydrogen-bond acceptors (Lipinski definition) is 3. The van der Waals surface area contributed by atoms with Gasteiger partial charge in [-0.15, -0.1) is 0 Å². The SMILES string of the molecule is CCCOCc1nc(C(C)C)n[nH]1. The lowest BCUT2D eigenvalue weighted by Crippen LogP contribution is -1.96. The molecular formula is C9H17N3O. The predicted molar refractivity (Wildman–Crippen MR) is 50.4 cm³/mol. The summed E-state index contributed by atoms with van der Waals surface area (Å²) >= 11 is 0. The normalized spacial score (nSPS) is 11.1. The summed E-state index contributed by atoms with van der Waals surface area (Å²) in [5, 5.41) is 6.94. The third kappa shape index (κ3) is 3.14. The van der Waals surface area contributed by atoms with E-state index in [0.717, 1.165) is 24.7 Å². The van der Waals surface area contributed by atoms with E-state index in [-0.39, 0.29) is 0 Å². The number of nitrogens with one attached hydrogen (secondary N) is 1. The molecule has 1 N–H and O–H groups in total. The van der Waals surface area contributed by atoms with E-state index in [1.165, 1.54) is 0 Å². The highest BCUT2D eigenvalue weighted by Gasteiger charge is 2.05. The average molecular weight is 183 g/mol. The Kier molecular flexibility index (Phi) is 3.89. The number of nitrogens with zero attached hydrogens (tertiary/aromatic N) is 2. The summed E-state index contributed by atoms with van der Waals surface area (Å²) in [6.07, 6.45) is 1.03. The molecule has 1 rings (SSSR count). The lowest BCUT2D eigenvalue weighted by Gasteiger charge is -1.97. The van der Waals surface area contributed by atoms with Crippen molar-refractivity contribution in [3.63, 3.8) is 0 Å². The van der Waals surface area contributed by atoms with Gasteiger partial charge in [0.25, 0.3) is 0 Å². The number of ether oxygens (including phenoxy) is 1. The molecule has 1 heterocycles. The van der Waals surface area contributed by atoms with Crippen molar-refractivity contribution >= 4 is 0 Å². The molecule has 0 aliphatic carbocycles. The molecule has 0 radical (unpaired) electrons. The second kappa shape index (κ2) is 4.97. The first kappa shape index (κ1) is 10.2. The summed E-state index contributed by atoms with van der Waals surface area (Å²) in [4.78, 5) is 4.29. The van der Waals surface area contributed by atoms with E-state index in [1.807, 2.05) is 0 Å². The molecule has 13 heavy (non-hydrogen) atoms. The molecule has 0 aliphatic rings. The van der Waals surface area contributed by atoms with Crippen LogP contribution in [0.5, 0.6) is 0 Å². The zero-order chi connectivity index (χ0) is 9.68. The van der Waals surface area contributed by atoms with Crippen molar-refractivity contribution in [2.45, 2.75) is 39.7 Å². The van der Waals surface area contributed by atoms with Crippen LogP contribution in [0.4, 0.5) is 0 Å². The van der Waals surface area contributed by atoms with Crippen LogP contribution in [0.2, 0.25) is 0 Å². The smallest absolute Gasteiger partial charge is 0.153 e. The van der Waals surface area contributed by atoms with Gasteiger partial charge in [0.2, 0.25) is 0 Å². The van der Waals surface area contributed by atoms with E-state index < -0.39 is 0 Å². The maximum absolute atomic E-state index is 5.33. The Morgan fingerprint density at radius 2 is 2.23 bits per heavy atom. The van der Waals surface area contributed by atoms with Gasteiger partial charge in [0.1, 0.15) is 6.61 Å². The van der Waals surface area contributed by atoms with Crippen molar-refractivity contribution in [1.82, 2.24) is 15.2 Å². The highest BCUT2D eigenvalue weighted by molar-refractivity contribution is 4.93. The molecule has 0 saturated carbocycles. The van der Waals surface area contributed by atoms with E-state index in [4.69, 9.17) is 4.74 Å². The quantitative estimate of drug-likeness (QED) is 0.709. The molecule has 4 heteroatoms. The highest BCUT2D eigenvalue weighted by atomic mass is 16.5. The van der Waals surface area contributed by atoms with E-state index in [1.54, 1.807) is 0 Å². The van der Waals surface area contributed by atoms with Crippen LogP contribution in [-0.4, -0.2) is 21.8 Å². The molecule has 74 valence electrons. The minimum Gasteiger partial charge on any atom is -0.373 e. The first-order valence-electron chi connectivity index (χ1n) is 4.73. The molecule has 4 nitrogen and oxygen atoms in total. The summed E-state index contributed by atoms with van der Waals surface area (Å²) in [5.74, 6) is 2.04. The zero-order valence-electron chi connectivity index (χ0n) is 8.50. The summed E-state index contributed by atoms with van der Waals surface area (Å²) in [6.45, 7) is 7.53. The second-order valence-electron chi connectivity index (χ2n) is 3.35. The fourth-order valence-electron chi connectivity index (χ4n) is 0.946. The first-order chi connectivity index (χ1) is 6.24. The van der Waals surface area contributed by atoms with Crippen LogP contribution in [0, 0.1) is 0 Å². The number of H-pyrrole nitrogens is 1.